The fourth-order valence-corrected chi connectivity index (χ4v) is 4.77. The number of aromatic amines is 1. The van der Waals surface area contributed by atoms with Crippen molar-refractivity contribution in [3.63, 3.8) is 0 Å². The third kappa shape index (κ3) is 2.06. The number of nitrogens with zero attached hydrogens (tertiary/aromatic N) is 2. The highest BCUT2D eigenvalue weighted by molar-refractivity contribution is 7.89. The Balaban J connectivity index is 2.45. The molecule has 0 aromatic carbocycles. The van der Waals surface area contributed by atoms with Gasteiger partial charge in [-0.1, -0.05) is 6.92 Å². The van der Waals surface area contributed by atoms with Crippen LogP contribution in [0.4, 0.5) is 0 Å². The number of H-pyrrole nitrogens is 1. The minimum absolute atomic E-state index is 0.0323. The first-order valence-corrected chi connectivity index (χ1v) is 7.57. The molecule has 7 heteroatoms. The third-order valence-electron chi connectivity index (χ3n) is 3.45. The summed E-state index contributed by atoms with van der Waals surface area (Å²) in [4.78, 5) is 0.256. The van der Waals surface area contributed by atoms with Crippen LogP contribution in [-0.4, -0.2) is 35.5 Å². The molecule has 0 radical (unpaired) electrons. The minimum atomic E-state index is -3.49. The molecule has 0 bridgehead atoms. The number of hydrogen-bond donors (Lipinski definition) is 2. The summed E-state index contributed by atoms with van der Waals surface area (Å²) in [5.41, 5.74) is 6.53. The fraction of sp³-hybridized carbons (Fsp3) is 0.727. The first-order valence-electron chi connectivity index (χ1n) is 6.13. The average molecular weight is 272 g/mol. The van der Waals surface area contributed by atoms with Crippen molar-refractivity contribution in [2.75, 3.05) is 6.54 Å². The van der Waals surface area contributed by atoms with Crippen LogP contribution in [-0.2, 0) is 16.6 Å². The van der Waals surface area contributed by atoms with Gasteiger partial charge in [0.15, 0.2) is 0 Å². The van der Waals surface area contributed by atoms with Crippen LogP contribution >= 0.6 is 0 Å². The van der Waals surface area contributed by atoms with Gasteiger partial charge in [-0.05, 0) is 26.2 Å². The van der Waals surface area contributed by atoms with Crippen molar-refractivity contribution in [3.05, 3.63) is 11.4 Å². The lowest BCUT2D eigenvalue weighted by atomic mass is 10.1. The molecule has 1 fully saturated rings. The van der Waals surface area contributed by atoms with Gasteiger partial charge in [0.05, 0.1) is 11.4 Å². The van der Waals surface area contributed by atoms with Crippen LogP contribution in [0.3, 0.4) is 0 Å². The third-order valence-corrected chi connectivity index (χ3v) is 5.63. The zero-order valence-corrected chi connectivity index (χ0v) is 11.8. The van der Waals surface area contributed by atoms with Crippen molar-refractivity contribution in [2.45, 2.75) is 44.7 Å². The highest BCUT2D eigenvalue weighted by atomic mass is 32.2. The summed E-state index contributed by atoms with van der Waals surface area (Å²) < 4.78 is 26.9. The van der Waals surface area contributed by atoms with E-state index in [4.69, 9.17) is 5.73 Å². The molecule has 6 nitrogen and oxygen atoms in total. The molecule has 0 saturated carbocycles. The van der Waals surface area contributed by atoms with Gasteiger partial charge in [-0.3, -0.25) is 5.10 Å². The van der Waals surface area contributed by atoms with Crippen molar-refractivity contribution in [3.8, 4) is 0 Å². The molecule has 0 spiro atoms. The maximum Gasteiger partial charge on any atom is 0.247 e. The van der Waals surface area contributed by atoms with Crippen molar-refractivity contribution < 1.29 is 8.42 Å². The monoisotopic (exact) mass is 272 g/mol. The van der Waals surface area contributed by atoms with Gasteiger partial charge >= 0.3 is 0 Å². The Labute approximate surface area is 108 Å². The van der Waals surface area contributed by atoms with E-state index in [0.29, 0.717) is 23.9 Å². The van der Waals surface area contributed by atoms with Crippen molar-refractivity contribution in [1.29, 1.82) is 0 Å². The van der Waals surface area contributed by atoms with Gasteiger partial charge in [0.25, 0.3) is 0 Å². The molecule has 0 amide bonds. The van der Waals surface area contributed by atoms with Crippen LogP contribution < -0.4 is 5.73 Å². The quantitative estimate of drug-likeness (QED) is 0.842. The first-order chi connectivity index (χ1) is 8.37. The number of hydrogen-bond acceptors (Lipinski definition) is 4. The molecular formula is C11H20N4O2S. The van der Waals surface area contributed by atoms with E-state index in [2.05, 4.69) is 17.1 Å². The van der Waals surface area contributed by atoms with E-state index in [-0.39, 0.29) is 17.5 Å². The van der Waals surface area contributed by atoms with Gasteiger partial charge in [0.2, 0.25) is 10.0 Å². The van der Waals surface area contributed by atoms with Crippen LogP contribution in [0.2, 0.25) is 0 Å². The molecule has 0 aliphatic carbocycles. The van der Waals surface area contributed by atoms with Gasteiger partial charge in [0.1, 0.15) is 4.90 Å². The number of nitrogens with one attached hydrogen (secondary N) is 1. The highest BCUT2D eigenvalue weighted by Gasteiger charge is 2.38. The average Bonchev–Trinajstić information content (AvgIpc) is 2.82. The van der Waals surface area contributed by atoms with E-state index in [1.807, 2.05) is 6.92 Å². The second-order valence-corrected chi connectivity index (χ2v) is 6.92. The summed E-state index contributed by atoms with van der Waals surface area (Å²) in [5, 5.41) is 6.67. The number of rotatable bonds is 3. The standard InChI is InChI=1S/C11H20N4O2S/c1-7-4-8(2)15(6-7)18(16,17)11-9(3)13-14-10(11)5-12/h7-8H,4-6,12H2,1-3H3,(H,13,14). The zero-order valence-electron chi connectivity index (χ0n) is 11.0. The molecule has 18 heavy (non-hydrogen) atoms. The maximum absolute atomic E-state index is 12.7. The number of aryl methyl sites for hydroxylation is 1. The molecule has 1 aliphatic rings. The van der Waals surface area contributed by atoms with E-state index in [1.54, 1.807) is 11.2 Å². The minimum Gasteiger partial charge on any atom is -0.325 e. The smallest absolute Gasteiger partial charge is 0.247 e. The lowest BCUT2D eigenvalue weighted by Gasteiger charge is -2.21. The maximum atomic E-state index is 12.7. The molecule has 2 heterocycles. The predicted octanol–water partition coefficient (Wildman–Crippen LogP) is 0.596. The summed E-state index contributed by atoms with van der Waals surface area (Å²) in [7, 11) is -3.49. The van der Waals surface area contributed by atoms with Crippen LogP contribution in [0, 0.1) is 12.8 Å². The molecule has 2 atom stereocenters. The molecule has 1 aromatic heterocycles. The normalized spacial score (nSPS) is 25.8. The Morgan fingerprint density at radius 3 is 2.67 bits per heavy atom. The predicted molar refractivity (Wildman–Crippen MR) is 68.4 cm³/mol. The van der Waals surface area contributed by atoms with Gasteiger partial charge in [-0.15, -0.1) is 0 Å². The fourth-order valence-electron chi connectivity index (χ4n) is 2.66. The van der Waals surface area contributed by atoms with E-state index >= 15 is 0 Å². The van der Waals surface area contributed by atoms with Crippen LogP contribution in [0.5, 0.6) is 0 Å². The zero-order chi connectivity index (χ0) is 13.5. The summed E-state index contributed by atoms with van der Waals surface area (Å²) in [6, 6.07) is 0.0323. The molecular weight excluding hydrogens is 252 g/mol. The van der Waals surface area contributed by atoms with Gasteiger partial charge in [-0.25, -0.2) is 8.42 Å². The van der Waals surface area contributed by atoms with E-state index in [0.717, 1.165) is 6.42 Å². The number of nitrogens with two attached hydrogens (primary N) is 1. The van der Waals surface area contributed by atoms with E-state index < -0.39 is 10.0 Å². The van der Waals surface area contributed by atoms with E-state index in [9.17, 15) is 8.42 Å². The SMILES string of the molecule is Cc1[nH]nc(CN)c1S(=O)(=O)N1CC(C)CC1C. The second kappa shape index (κ2) is 4.64. The molecule has 2 rings (SSSR count). The number of sulfonamides is 1. The second-order valence-electron chi connectivity index (χ2n) is 5.09. The summed E-state index contributed by atoms with van der Waals surface area (Å²) in [6.07, 6.45) is 0.897. The number of aromatic nitrogens is 2. The van der Waals surface area contributed by atoms with Gasteiger partial charge < -0.3 is 5.73 Å². The summed E-state index contributed by atoms with van der Waals surface area (Å²) in [6.45, 7) is 6.41. The molecule has 2 unspecified atom stereocenters. The Hall–Kier alpha value is -0.920. The molecule has 3 N–H and O–H groups in total. The summed E-state index contributed by atoms with van der Waals surface area (Å²) >= 11 is 0. The lowest BCUT2D eigenvalue weighted by molar-refractivity contribution is 0.405. The molecule has 1 aromatic rings. The van der Waals surface area contributed by atoms with Gasteiger partial charge in [-0.2, -0.15) is 9.40 Å². The van der Waals surface area contributed by atoms with Crippen molar-refractivity contribution in [1.82, 2.24) is 14.5 Å². The first kappa shape index (κ1) is 13.5. The Bertz CT molecular complexity index is 537. The van der Waals surface area contributed by atoms with E-state index in [1.165, 1.54) is 0 Å². The lowest BCUT2D eigenvalue weighted by Crippen LogP contribution is -2.34. The summed E-state index contributed by atoms with van der Waals surface area (Å²) in [5.74, 6) is 0.392. The molecule has 1 saturated heterocycles. The van der Waals surface area contributed by atoms with Crippen LogP contribution in [0.1, 0.15) is 31.7 Å². The molecule has 102 valence electrons. The Morgan fingerprint density at radius 2 is 2.17 bits per heavy atom. The Morgan fingerprint density at radius 1 is 1.50 bits per heavy atom. The Kier molecular flexibility index (Phi) is 3.48. The van der Waals surface area contributed by atoms with Crippen LogP contribution in [0.25, 0.3) is 0 Å². The largest absolute Gasteiger partial charge is 0.325 e. The highest BCUT2D eigenvalue weighted by Crippen LogP contribution is 2.31. The topological polar surface area (TPSA) is 92.1 Å². The van der Waals surface area contributed by atoms with Gasteiger partial charge in [0, 0.05) is 19.1 Å². The molecule has 1 aliphatic heterocycles. The van der Waals surface area contributed by atoms with Crippen molar-refractivity contribution in [2.24, 2.45) is 11.7 Å². The van der Waals surface area contributed by atoms with Crippen LogP contribution in [0.15, 0.2) is 4.90 Å². The van der Waals surface area contributed by atoms with Crippen molar-refractivity contribution >= 4 is 10.0 Å².